The molecule has 0 saturated carbocycles. The van der Waals surface area contributed by atoms with E-state index < -0.39 is 6.04 Å². The number of amides is 1. The molecule has 1 aromatic rings. The number of nitrogens with one attached hydrogen (secondary N) is 1. The van der Waals surface area contributed by atoms with Gasteiger partial charge in [0.05, 0.1) is 18.4 Å². The zero-order valence-electron chi connectivity index (χ0n) is 12.5. The SMILES string of the molecule is CCC(=O)N1N=C(C2CNCCO2)c2ccccc2C1C#N. The predicted octanol–water partition coefficient (Wildman–Crippen LogP) is 1.20. The first-order chi connectivity index (χ1) is 10.8. The molecular formula is C16H18N4O2. The lowest BCUT2D eigenvalue weighted by Gasteiger charge is -2.34. The van der Waals surface area contributed by atoms with E-state index in [0.29, 0.717) is 19.6 Å². The molecule has 2 unspecified atom stereocenters. The van der Waals surface area contributed by atoms with E-state index >= 15 is 0 Å². The molecule has 3 rings (SSSR count). The predicted molar refractivity (Wildman–Crippen MR) is 81.1 cm³/mol. The van der Waals surface area contributed by atoms with E-state index in [9.17, 15) is 10.1 Å². The highest BCUT2D eigenvalue weighted by atomic mass is 16.5. The minimum absolute atomic E-state index is 0.165. The van der Waals surface area contributed by atoms with Crippen molar-refractivity contribution in [3.8, 4) is 6.07 Å². The summed E-state index contributed by atoms with van der Waals surface area (Å²) in [5, 5.41) is 18.5. The second-order valence-corrected chi connectivity index (χ2v) is 5.26. The lowest BCUT2D eigenvalue weighted by atomic mass is 9.92. The van der Waals surface area contributed by atoms with E-state index in [2.05, 4.69) is 16.5 Å². The van der Waals surface area contributed by atoms with Crippen LogP contribution in [0.3, 0.4) is 0 Å². The molecule has 0 radical (unpaired) electrons. The third-order valence-corrected chi connectivity index (χ3v) is 3.90. The first-order valence-corrected chi connectivity index (χ1v) is 7.48. The molecule has 2 heterocycles. The summed E-state index contributed by atoms with van der Waals surface area (Å²) in [5.41, 5.74) is 2.42. The number of hydrogen-bond acceptors (Lipinski definition) is 5. The van der Waals surface area contributed by atoms with Gasteiger partial charge in [-0.25, -0.2) is 5.01 Å². The van der Waals surface area contributed by atoms with Gasteiger partial charge in [0.1, 0.15) is 6.10 Å². The maximum Gasteiger partial charge on any atom is 0.243 e. The topological polar surface area (TPSA) is 77.7 Å². The zero-order chi connectivity index (χ0) is 15.5. The van der Waals surface area contributed by atoms with Crippen LogP contribution in [0.5, 0.6) is 0 Å². The number of carbonyl (C=O) groups excluding carboxylic acids is 1. The van der Waals surface area contributed by atoms with Crippen LogP contribution in [-0.4, -0.2) is 42.4 Å². The van der Waals surface area contributed by atoms with Gasteiger partial charge < -0.3 is 10.1 Å². The van der Waals surface area contributed by atoms with Gasteiger partial charge in [-0.2, -0.15) is 10.4 Å². The van der Waals surface area contributed by atoms with E-state index in [1.165, 1.54) is 5.01 Å². The maximum absolute atomic E-state index is 12.2. The largest absolute Gasteiger partial charge is 0.369 e. The van der Waals surface area contributed by atoms with Crippen molar-refractivity contribution < 1.29 is 9.53 Å². The van der Waals surface area contributed by atoms with Gasteiger partial charge in [0.15, 0.2) is 6.04 Å². The summed E-state index contributed by atoms with van der Waals surface area (Å²) in [6.07, 6.45) is 0.0997. The number of carbonyl (C=O) groups is 1. The summed E-state index contributed by atoms with van der Waals surface area (Å²) in [7, 11) is 0. The normalized spacial score (nSPS) is 24.2. The van der Waals surface area contributed by atoms with Crippen molar-refractivity contribution in [1.82, 2.24) is 10.3 Å². The number of morpholine rings is 1. The van der Waals surface area contributed by atoms with Crippen LogP contribution in [0, 0.1) is 11.3 Å². The Morgan fingerprint density at radius 2 is 2.36 bits per heavy atom. The molecule has 1 fully saturated rings. The Morgan fingerprint density at radius 3 is 3.05 bits per heavy atom. The average molecular weight is 298 g/mol. The van der Waals surface area contributed by atoms with Crippen LogP contribution in [0.25, 0.3) is 0 Å². The molecule has 1 N–H and O–H groups in total. The first kappa shape index (κ1) is 14.7. The Morgan fingerprint density at radius 1 is 1.55 bits per heavy atom. The minimum Gasteiger partial charge on any atom is -0.369 e. The van der Waals surface area contributed by atoms with Crippen molar-refractivity contribution >= 4 is 11.6 Å². The van der Waals surface area contributed by atoms with Gasteiger partial charge in [0.2, 0.25) is 5.91 Å². The van der Waals surface area contributed by atoms with Crippen molar-refractivity contribution in [2.24, 2.45) is 5.10 Å². The van der Waals surface area contributed by atoms with Crippen LogP contribution in [0.4, 0.5) is 0 Å². The summed E-state index contributed by atoms with van der Waals surface area (Å²) >= 11 is 0. The molecule has 6 nitrogen and oxygen atoms in total. The van der Waals surface area contributed by atoms with Crippen molar-refractivity contribution in [2.45, 2.75) is 25.5 Å². The molecule has 2 aliphatic heterocycles. The van der Waals surface area contributed by atoms with Crippen molar-refractivity contribution in [1.29, 1.82) is 5.26 Å². The number of nitrogens with zero attached hydrogens (tertiary/aromatic N) is 3. The highest BCUT2D eigenvalue weighted by molar-refractivity contribution is 6.06. The molecule has 0 aliphatic carbocycles. The number of nitriles is 1. The lowest BCUT2D eigenvalue weighted by molar-refractivity contribution is -0.132. The standard InChI is InChI=1S/C16H18N4O2/c1-2-15(21)20-13(9-17)11-5-3-4-6-12(11)16(19-20)14-10-18-7-8-22-14/h3-6,13-14,18H,2,7-8,10H2,1H3. The highest BCUT2D eigenvalue weighted by Gasteiger charge is 2.35. The molecule has 1 amide bonds. The number of benzene rings is 1. The first-order valence-electron chi connectivity index (χ1n) is 7.48. The second kappa shape index (κ2) is 6.26. The zero-order valence-corrected chi connectivity index (χ0v) is 12.5. The summed E-state index contributed by atoms with van der Waals surface area (Å²) in [4.78, 5) is 12.2. The monoisotopic (exact) mass is 298 g/mol. The smallest absolute Gasteiger partial charge is 0.243 e. The fourth-order valence-electron chi connectivity index (χ4n) is 2.79. The molecule has 114 valence electrons. The van der Waals surface area contributed by atoms with Gasteiger partial charge in [-0.05, 0) is 0 Å². The Balaban J connectivity index is 2.07. The number of fused-ring (bicyclic) bond motifs is 1. The Hall–Kier alpha value is -2.23. The molecule has 1 saturated heterocycles. The number of hydrogen-bond donors (Lipinski definition) is 1. The Labute approximate surface area is 129 Å². The third-order valence-electron chi connectivity index (χ3n) is 3.90. The van der Waals surface area contributed by atoms with Crippen LogP contribution >= 0.6 is 0 Å². The summed E-state index contributed by atoms with van der Waals surface area (Å²) in [6, 6.07) is 9.12. The Kier molecular flexibility index (Phi) is 4.18. The summed E-state index contributed by atoms with van der Waals surface area (Å²) in [6.45, 7) is 3.84. The van der Waals surface area contributed by atoms with Crippen molar-refractivity contribution in [3.05, 3.63) is 35.4 Å². The highest BCUT2D eigenvalue weighted by Crippen LogP contribution is 2.31. The molecule has 0 aromatic heterocycles. The fraction of sp³-hybridized carbons (Fsp3) is 0.438. The molecule has 0 spiro atoms. The van der Waals surface area contributed by atoms with Crippen LogP contribution < -0.4 is 5.32 Å². The summed E-state index contributed by atoms with van der Waals surface area (Å²) < 4.78 is 5.79. The van der Waals surface area contributed by atoms with Gasteiger partial charge in [-0.1, -0.05) is 31.2 Å². The van der Waals surface area contributed by atoms with Gasteiger partial charge in [0.25, 0.3) is 0 Å². The molecule has 2 aliphatic rings. The fourth-order valence-corrected chi connectivity index (χ4v) is 2.79. The van der Waals surface area contributed by atoms with Crippen molar-refractivity contribution in [3.63, 3.8) is 0 Å². The van der Waals surface area contributed by atoms with Gasteiger partial charge >= 0.3 is 0 Å². The molecule has 22 heavy (non-hydrogen) atoms. The molecule has 0 bridgehead atoms. The summed E-state index contributed by atoms with van der Waals surface area (Å²) in [5.74, 6) is -0.165. The average Bonchev–Trinajstić information content (AvgIpc) is 2.60. The van der Waals surface area contributed by atoms with Gasteiger partial charge in [-0.15, -0.1) is 0 Å². The minimum atomic E-state index is -0.677. The number of hydrazone groups is 1. The van der Waals surface area contributed by atoms with E-state index in [0.717, 1.165) is 23.4 Å². The van der Waals surface area contributed by atoms with Crippen LogP contribution in [0.15, 0.2) is 29.4 Å². The molecule has 1 aromatic carbocycles. The number of ether oxygens (including phenoxy) is 1. The lowest BCUT2D eigenvalue weighted by Crippen LogP contribution is -2.46. The molecule has 2 atom stereocenters. The van der Waals surface area contributed by atoms with Crippen LogP contribution in [0.2, 0.25) is 0 Å². The van der Waals surface area contributed by atoms with Crippen LogP contribution in [-0.2, 0) is 9.53 Å². The van der Waals surface area contributed by atoms with E-state index in [4.69, 9.17) is 4.74 Å². The number of rotatable bonds is 2. The van der Waals surface area contributed by atoms with Gasteiger partial charge in [-0.3, -0.25) is 4.79 Å². The molecule has 6 heteroatoms. The maximum atomic E-state index is 12.2. The quantitative estimate of drug-likeness (QED) is 0.890. The molecular weight excluding hydrogens is 280 g/mol. The van der Waals surface area contributed by atoms with E-state index in [1.807, 2.05) is 24.3 Å². The van der Waals surface area contributed by atoms with Crippen molar-refractivity contribution in [2.75, 3.05) is 19.7 Å². The van der Waals surface area contributed by atoms with E-state index in [-0.39, 0.29) is 12.0 Å². The third kappa shape index (κ3) is 2.49. The van der Waals surface area contributed by atoms with Crippen LogP contribution in [0.1, 0.15) is 30.5 Å². The Bertz CT molecular complexity index is 644. The second-order valence-electron chi connectivity index (χ2n) is 5.26. The van der Waals surface area contributed by atoms with E-state index in [1.54, 1.807) is 6.92 Å². The van der Waals surface area contributed by atoms with Gasteiger partial charge in [0, 0.05) is 30.6 Å².